The summed E-state index contributed by atoms with van der Waals surface area (Å²) in [6, 6.07) is 14.5. The van der Waals surface area contributed by atoms with Crippen LogP contribution in [0.2, 0.25) is 0 Å². The smallest absolute Gasteiger partial charge is 0.263 e. The van der Waals surface area contributed by atoms with E-state index in [2.05, 4.69) is 24.2 Å². The number of carbonyl (C=O) groups is 1. The molecule has 1 saturated carbocycles. The van der Waals surface area contributed by atoms with Crippen molar-refractivity contribution in [1.29, 1.82) is 0 Å². The number of rotatable bonds is 7. The molecule has 1 unspecified atom stereocenters. The molecule has 0 aliphatic heterocycles. The van der Waals surface area contributed by atoms with Crippen LogP contribution in [0.15, 0.2) is 53.1 Å². The van der Waals surface area contributed by atoms with E-state index in [1.807, 2.05) is 42.5 Å². The number of nitrogens with zero attached hydrogens (tertiary/aromatic N) is 2. The molecular formula is C21H23N3O2S. The summed E-state index contributed by atoms with van der Waals surface area (Å²) in [4.78, 5) is 20.6. The van der Waals surface area contributed by atoms with E-state index < -0.39 is 0 Å². The molecule has 27 heavy (non-hydrogen) atoms. The second kappa shape index (κ2) is 7.66. The Morgan fingerprint density at radius 3 is 2.74 bits per heavy atom. The van der Waals surface area contributed by atoms with Gasteiger partial charge in [-0.25, -0.2) is 4.98 Å². The molecule has 0 spiro atoms. The Kier molecular flexibility index (Phi) is 5.09. The molecule has 1 atom stereocenters. The first-order valence-corrected chi connectivity index (χ1v) is 10.1. The molecule has 140 valence electrons. The number of hydrogen-bond donors (Lipinski definition) is 1. The lowest BCUT2D eigenvalue weighted by Crippen LogP contribution is -2.41. The summed E-state index contributed by atoms with van der Waals surface area (Å²) in [5.74, 6) is 0.596. The van der Waals surface area contributed by atoms with Crippen molar-refractivity contribution < 1.29 is 9.21 Å². The highest BCUT2D eigenvalue weighted by Gasteiger charge is 2.29. The van der Waals surface area contributed by atoms with E-state index >= 15 is 0 Å². The Labute approximate surface area is 163 Å². The van der Waals surface area contributed by atoms with Gasteiger partial charge in [0.1, 0.15) is 4.88 Å². The van der Waals surface area contributed by atoms with Crippen molar-refractivity contribution in [2.24, 2.45) is 0 Å². The van der Waals surface area contributed by atoms with Gasteiger partial charge in [-0.1, -0.05) is 30.3 Å². The number of carbonyl (C=O) groups excluding carboxylic acids is 1. The number of amides is 1. The van der Waals surface area contributed by atoms with Crippen LogP contribution in [0.3, 0.4) is 0 Å². The monoisotopic (exact) mass is 381 g/mol. The van der Waals surface area contributed by atoms with Crippen LogP contribution in [0, 0.1) is 0 Å². The van der Waals surface area contributed by atoms with Crippen LogP contribution in [0.1, 0.15) is 29.4 Å². The lowest BCUT2D eigenvalue weighted by atomic mass is 10.1. The number of aromatic nitrogens is 1. The average molecular weight is 382 g/mol. The summed E-state index contributed by atoms with van der Waals surface area (Å²) >= 11 is 1.37. The summed E-state index contributed by atoms with van der Waals surface area (Å²) < 4.78 is 5.48. The summed E-state index contributed by atoms with van der Waals surface area (Å²) in [5, 5.41) is 3.81. The number of benzene rings is 1. The molecule has 1 aliphatic rings. The van der Waals surface area contributed by atoms with Crippen LogP contribution in [-0.4, -0.2) is 41.5 Å². The molecule has 0 bridgehead atoms. The van der Waals surface area contributed by atoms with E-state index in [0.717, 1.165) is 5.56 Å². The van der Waals surface area contributed by atoms with Crippen molar-refractivity contribution >= 4 is 17.2 Å². The number of likely N-dealkylation sites (N-methyl/N-ethyl adjacent to an activating group) is 1. The van der Waals surface area contributed by atoms with Gasteiger partial charge in [-0.2, -0.15) is 0 Å². The second-order valence-corrected chi connectivity index (χ2v) is 7.99. The van der Waals surface area contributed by atoms with Gasteiger partial charge in [0.15, 0.2) is 10.8 Å². The van der Waals surface area contributed by atoms with E-state index in [1.165, 1.54) is 24.2 Å². The third-order valence-corrected chi connectivity index (χ3v) is 6.06. The molecular weight excluding hydrogens is 358 g/mol. The van der Waals surface area contributed by atoms with Crippen molar-refractivity contribution in [2.45, 2.75) is 31.8 Å². The van der Waals surface area contributed by atoms with Gasteiger partial charge in [0.25, 0.3) is 5.91 Å². The predicted octanol–water partition coefficient (Wildman–Crippen LogP) is 4.28. The van der Waals surface area contributed by atoms with Gasteiger partial charge in [-0.15, -0.1) is 11.3 Å². The van der Waals surface area contributed by atoms with Gasteiger partial charge in [-0.05, 0) is 38.9 Å². The van der Waals surface area contributed by atoms with E-state index in [4.69, 9.17) is 9.40 Å². The van der Waals surface area contributed by atoms with Gasteiger partial charge in [0.05, 0.1) is 12.0 Å². The summed E-state index contributed by atoms with van der Waals surface area (Å²) in [5.41, 5.74) is 1.63. The molecule has 1 N–H and O–H groups in total. The van der Waals surface area contributed by atoms with Gasteiger partial charge in [-0.3, -0.25) is 9.69 Å². The van der Waals surface area contributed by atoms with Crippen LogP contribution in [0.5, 0.6) is 0 Å². The van der Waals surface area contributed by atoms with Crippen LogP contribution < -0.4 is 5.32 Å². The molecule has 1 aliphatic carbocycles. The van der Waals surface area contributed by atoms with E-state index in [1.54, 1.807) is 6.26 Å². The molecule has 1 amide bonds. The highest BCUT2D eigenvalue weighted by molar-refractivity contribution is 7.17. The third-order valence-electron chi connectivity index (χ3n) is 4.99. The fraction of sp³-hybridized carbons (Fsp3) is 0.333. The lowest BCUT2D eigenvalue weighted by Gasteiger charge is -2.24. The van der Waals surface area contributed by atoms with E-state index in [0.29, 0.717) is 40.0 Å². The first-order chi connectivity index (χ1) is 13.1. The summed E-state index contributed by atoms with van der Waals surface area (Å²) in [6.45, 7) is 2.77. The van der Waals surface area contributed by atoms with Gasteiger partial charge < -0.3 is 9.73 Å². The number of hydrogen-bond acceptors (Lipinski definition) is 5. The number of furan rings is 1. The highest BCUT2D eigenvalue weighted by Crippen LogP contribution is 2.34. The van der Waals surface area contributed by atoms with Crippen LogP contribution in [0.4, 0.5) is 0 Å². The molecule has 2 aromatic heterocycles. The summed E-state index contributed by atoms with van der Waals surface area (Å²) in [7, 11) is 2.13. The molecule has 6 heteroatoms. The van der Waals surface area contributed by atoms with Crippen molar-refractivity contribution in [1.82, 2.24) is 15.2 Å². The first kappa shape index (κ1) is 17.9. The quantitative estimate of drug-likeness (QED) is 0.663. The van der Waals surface area contributed by atoms with Gasteiger partial charge in [0, 0.05) is 24.2 Å². The minimum absolute atomic E-state index is 0.0831. The Bertz CT molecular complexity index is 901. The SMILES string of the molecule is CC(CNC(=O)c1sc(-c2ccco2)nc1-c1ccccc1)N(C)C1CC1. The zero-order valence-electron chi connectivity index (χ0n) is 15.5. The minimum atomic E-state index is -0.0831. The maximum absolute atomic E-state index is 12.9. The molecule has 2 heterocycles. The number of thiazole rings is 1. The largest absolute Gasteiger partial charge is 0.462 e. The van der Waals surface area contributed by atoms with Crippen LogP contribution >= 0.6 is 11.3 Å². The molecule has 1 aromatic carbocycles. The standard InChI is InChI=1S/C21H23N3O2S/c1-14(24(2)16-10-11-16)13-22-20(25)19-18(15-7-4-3-5-8-15)23-21(27-19)17-9-6-12-26-17/h3-9,12,14,16H,10-11,13H2,1-2H3,(H,22,25). The van der Waals surface area contributed by atoms with Gasteiger partial charge >= 0.3 is 0 Å². The Morgan fingerprint density at radius 1 is 1.30 bits per heavy atom. The van der Waals surface area contributed by atoms with Crippen LogP contribution in [0.25, 0.3) is 22.0 Å². The van der Waals surface area contributed by atoms with Crippen LogP contribution in [-0.2, 0) is 0 Å². The summed E-state index contributed by atoms with van der Waals surface area (Å²) in [6.07, 6.45) is 4.14. The third kappa shape index (κ3) is 3.96. The molecule has 0 saturated heterocycles. The first-order valence-electron chi connectivity index (χ1n) is 9.23. The molecule has 0 radical (unpaired) electrons. The minimum Gasteiger partial charge on any atom is -0.462 e. The van der Waals surface area contributed by atoms with E-state index in [9.17, 15) is 4.79 Å². The zero-order chi connectivity index (χ0) is 18.8. The molecule has 5 nitrogen and oxygen atoms in total. The topological polar surface area (TPSA) is 58.4 Å². The second-order valence-electron chi connectivity index (χ2n) is 7.00. The Balaban J connectivity index is 1.57. The van der Waals surface area contributed by atoms with Gasteiger partial charge in [0.2, 0.25) is 0 Å². The highest BCUT2D eigenvalue weighted by atomic mass is 32.1. The van der Waals surface area contributed by atoms with Crippen molar-refractivity contribution in [3.8, 4) is 22.0 Å². The molecule has 1 fully saturated rings. The zero-order valence-corrected chi connectivity index (χ0v) is 16.3. The molecule has 4 rings (SSSR count). The lowest BCUT2D eigenvalue weighted by molar-refractivity contribution is 0.0944. The normalized spacial score (nSPS) is 15.1. The van der Waals surface area contributed by atoms with Crippen molar-refractivity contribution in [3.05, 3.63) is 53.6 Å². The van der Waals surface area contributed by atoms with E-state index in [-0.39, 0.29) is 5.91 Å². The fourth-order valence-corrected chi connectivity index (χ4v) is 4.05. The fourth-order valence-electron chi connectivity index (χ4n) is 3.08. The average Bonchev–Trinajstić information content (AvgIpc) is 3.21. The maximum atomic E-state index is 12.9. The Morgan fingerprint density at radius 2 is 2.07 bits per heavy atom. The Hall–Kier alpha value is -2.44. The number of nitrogens with one attached hydrogen (secondary N) is 1. The van der Waals surface area contributed by atoms with Crippen molar-refractivity contribution in [3.63, 3.8) is 0 Å². The van der Waals surface area contributed by atoms with Crippen molar-refractivity contribution in [2.75, 3.05) is 13.6 Å². The maximum Gasteiger partial charge on any atom is 0.263 e. The predicted molar refractivity (Wildman–Crippen MR) is 108 cm³/mol. The molecule has 3 aromatic rings.